The number of pyridine rings is 1. The van der Waals surface area contributed by atoms with Gasteiger partial charge >= 0.3 is 0 Å². The number of fused-ring (bicyclic) bond motifs is 1. The molecule has 0 spiro atoms. The van der Waals surface area contributed by atoms with Crippen molar-refractivity contribution in [1.29, 1.82) is 0 Å². The van der Waals surface area contributed by atoms with Crippen molar-refractivity contribution < 1.29 is 4.79 Å². The van der Waals surface area contributed by atoms with E-state index >= 15 is 0 Å². The van der Waals surface area contributed by atoms with Gasteiger partial charge in [-0.2, -0.15) is 0 Å². The zero-order valence-electron chi connectivity index (χ0n) is 11.7. The lowest BCUT2D eigenvalue weighted by Gasteiger charge is -2.12. The molecule has 0 saturated heterocycles. The lowest BCUT2D eigenvalue weighted by molar-refractivity contribution is 0.102. The molecule has 1 saturated carbocycles. The highest BCUT2D eigenvalue weighted by atomic mass is 16.1. The Bertz CT molecular complexity index is 680. The predicted octanol–water partition coefficient (Wildman–Crippen LogP) is 2.81. The number of benzene rings is 1. The summed E-state index contributed by atoms with van der Waals surface area (Å²) in [6.07, 6.45) is 5.91. The van der Waals surface area contributed by atoms with E-state index in [0.717, 1.165) is 24.8 Å². The molecule has 1 aromatic heterocycles. The summed E-state index contributed by atoms with van der Waals surface area (Å²) in [7, 11) is 0. The molecule has 1 fully saturated rings. The Morgan fingerprint density at radius 2 is 2.05 bits per heavy atom. The van der Waals surface area contributed by atoms with Crippen LogP contribution in [-0.2, 0) is 13.1 Å². The number of rotatable bonds is 3. The molecule has 0 radical (unpaired) electrons. The number of aromatic nitrogens is 1. The van der Waals surface area contributed by atoms with Crippen LogP contribution in [0.4, 0.5) is 5.69 Å². The van der Waals surface area contributed by atoms with Crippen LogP contribution in [0.2, 0.25) is 0 Å². The molecule has 1 N–H and O–H groups in total. The highest BCUT2D eigenvalue weighted by Crippen LogP contribution is 2.35. The number of hydrogen-bond donors (Lipinski definition) is 1. The number of nitrogens with zero attached hydrogens (tertiary/aromatic N) is 2. The Kier molecular flexibility index (Phi) is 2.97. The fourth-order valence-electron chi connectivity index (χ4n) is 2.90. The van der Waals surface area contributed by atoms with Gasteiger partial charge in [-0.1, -0.05) is 6.07 Å². The molecule has 4 nitrogen and oxygen atoms in total. The second-order valence-electron chi connectivity index (χ2n) is 5.82. The smallest absolute Gasteiger partial charge is 0.257 e. The molecule has 21 heavy (non-hydrogen) atoms. The van der Waals surface area contributed by atoms with Crippen molar-refractivity contribution in [2.75, 3.05) is 5.32 Å². The van der Waals surface area contributed by atoms with E-state index in [4.69, 9.17) is 0 Å². The molecule has 1 amide bonds. The quantitative estimate of drug-likeness (QED) is 0.939. The summed E-state index contributed by atoms with van der Waals surface area (Å²) in [5.41, 5.74) is 4.17. The molecule has 1 aliphatic heterocycles. The molecule has 0 atom stereocenters. The summed E-state index contributed by atoms with van der Waals surface area (Å²) in [6, 6.07) is 10.5. The molecule has 4 heteroatoms. The standard InChI is InChI=1S/C17H17N3O/c21-17(12-2-1-7-18-9-12)19-15-4-3-13-10-20(16-5-6-16)11-14(13)8-15/h1-4,7-9,16H,5-6,10-11H2,(H,19,21). The van der Waals surface area contributed by atoms with Gasteiger partial charge in [-0.05, 0) is 48.2 Å². The van der Waals surface area contributed by atoms with Crippen molar-refractivity contribution in [2.45, 2.75) is 32.0 Å². The van der Waals surface area contributed by atoms with Crippen LogP contribution in [0.5, 0.6) is 0 Å². The van der Waals surface area contributed by atoms with Crippen molar-refractivity contribution in [2.24, 2.45) is 0 Å². The normalized spacial score (nSPS) is 17.5. The van der Waals surface area contributed by atoms with Gasteiger partial charge in [-0.15, -0.1) is 0 Å². The topological polar surface area (TPSA) is 45.2 Å². The molecule has 2 aromatic rings. The third-order valence-corrected chi connectivity index (χ3v) is 4.20. The zero-order valence-corrected chi connectivity index (χ0v) is 11.7. The van der Waals surface area contributed by atoms with Gasteiger partial charge in [0.1, 0.15) is 0 Å². The van der Waals surface area contributed by atoms with Gasteiger partial charge in [0.25, 0.3) is 5.91 Å². The molecule has 0 unspecified atom stereocenters. The largest absolute Gasteiger partial charge is 0.322 e. The molecular weight excluding hydrogens is 262 g/mol. The van der Waals surface area contributed by atoms with E-state index in [1.54, 1.807) is 24.5 Å². The monoisotopic (exact) mass is 279 g/mol. The minimum atomic E-state index is -0.111. The lowest BCUT2D eigenvalue weighted by Crippen LogP contribution is -2.18. The van der Waals surface area contributed by atoms with Gasteiger partial charge < -0.3 is 5.32 Å². The second kappa shape index (κ2) is 4.97. The maximum absolute atomic E-state index is 12.1. The van der Waals surface area contributed by atoms with Crippen LogP contribution in [0.15, 0.2) is 42.7 Å². The van der Waals surface area contributed by atoms with E-state index in [2.05, 4.69) is 27.3 Å². The SMILES string of the molecule is O=C(Nc1ccc2c(c1)CN(C1CC1)C2)c1cccnc1. The molecular formula is C17H17N3O. The van der Waals surface area contributed by atoms with Crippen molar-refractivity contribution >= 4 is 11.6 Å². The van der Waals surface area contributed by atoms with Gasteiger partial charge in [0.15, 0.2) is 0 Å². The maximum Gasteiger partial charge on any atom is 0.257 e. The second-order valence-corrected chi connectivity index (χ2v) is 5.82. The Balaban J connectivity index is 1.50. The van der Waals surface area contributed by atoms with Crippen LogP contribution in [0.3, 0.4) is 0 Å². The number of hydrogen-bond acceptors (Lipinski definition) is 3. The van der Waals surface area contributed by atoms with Crippen molar-refractivity contribution in [3.05, 3.63) is 59.4 Å². The first-order chi connectivity index (χ1) is 10.3. The zero-order chi connectivity index (χ0) is 14.2. The molecule has 0 bridgehead atoms. The number of amides is 1. The van der Waals surface area contributed by atoms with Gasteiger partial charge in [0, 0.05) is 37.2 Å². The average molecular weight is 279 g/mol. The summed E-state index contributed by atoms with van der Waals surface area (Å²) in [4.78, 5) is 18.6. The van der Waals surface area contributed by atoms with E-state index in [1.807, 2.05) is 6.07 Å². The summed E-state index contributed by atoms with van der Waals surface area (Å²) < 4.78 is 0. The summed E-state index contributed by atoms with van der Waals surface area (Å²) in [6.45, 7) is 2.06. The fourth-order valence-corrected chi connectivity index (χ4v) is 2.90. The minimum Gasteiger partial charge on any atom is -0.322 e. The van der Waals surface area contributed by atoms with E-state index < -0.39 is 0 Å². The van der Waals surface area contributed by atoms with Crippen LogP contribution in [0.25, 0.3) is 0 Å². The number of anilines is 1. The molecule has 2 heterocycles. The predicted molar refractivity (Wildman–Crippen MR) is 80.9 cm³/mol. The first-order valence-corrected chi connectivity index (χ1v) is 7.37. The Hall–Kier alpha value is -2.20. The first kappa shape index (κ1) is 12.5. The van der Waals surface area contributed by atoms with Crippen molar-refractivity contribution in [3.63, 3.8) is 0 Å². The number of carbonyl (C=O) groups is 1. The average Bonchev–Trinajstić information content (AvgIpc) is 3.28. The minimum absolute atomic E-state index is 0.111. The summed E-state index contributed by atoms with van der Waals surface area (Å²) in [5, 5.41) is 2.95. The van der Waals surface area contributed by atoms with Gasteiger partial charge in [0.2, 0.25) is 0 Å². The third kappa shape index (κ3) is 2.54. The van der Waals surface area contributed by atoms with Crippen LogP contribution < -0.4 is 5.32 Å². The van der Waals surface area contributed by atoms with E-state index in [-0.39, 0.29) is 5.91 Å². The van der Waals surface area contributed by atoms with E-state index in [0.29, 0.717) is 5.56 Å². The summed E-state index contributed by atoms with van der Waals surface area (Å²) >= 11 is 0. The molecule has 1 aromatic carbocycles. The molecule has 4 rings (SSSR count). The first-order valence-electron chi connectivity index (χ1n) is 7.37. The fraction of sp³-hybridized carbons (Fsp3) is 0.294. The van der Waals surface area contributed by atoms with Crippen molar-refractivity contribution in [3.8, 4) is 0 Å². The van der Waals surface area contributed by atoms with E-state index in [9.17, 15) is 4.79 Å². The molecule has 2 aliphatic rings. The maximum atomic E-state index is 12.1. The van der Waals surface area contributed by atoms with Gasteiger partial charge in [0.05, 0.1) is 5.56 Å². The lowest BCUT2D eigenvalue weighted by atomic mass is 10.1. The Morgan fingerprint density at radius 3 is 2.81 bits per heavy atom. The Morgan fingerprint density at radius 1 is 1.19 bits per heavy atom. The highest BCUT2D eigenvalue weighted by molar-refractivity contribution is 6.04. The van der Waals surface area contributed by atoms with Crippen molar-refractivity contribution in [1.82, 2.24) is 9.88 Å². The highest BCUT2D eigenvalue weighted by Gasteiger charge is 2.32. The van der Waals surface area contributed by atoms with Gasteiger partial charge in [-0.25, -0.2) is 0 Å². The third-order valence-electron chi connectivity index (χ3n) is 4.20. The van der Waals surface area contributed by atoms with E-state index in [1.165, 1.54) is 24.0 Å². The van der Waals surface area contributed by atoms with Crippen LogP contribution in [-0.4, -0.2) is 21.8 Å². The molecule has 1 aliphatic carbocycles. The van der Waals surface area contributed by atoms with Gasteiger partial charge in [-0.3, -0.25) is 14.7 Å². The number of carbonyl (C=O) groups excluding carboxylic acids is 1. The van der Waals surface area contributed by atoms with Crippen LogP contribution in [0, 0.1) is 0 Å². The van der Waals surface area contributed by atoms with Crippen LogP contribution >= 0.6 is 0 Å². The summed E-state index contributed by atoms with van der Waals surface area (Å²) in [5.74, 6) is -0.111. The molecule has 106 valence electrons. The number of nitrogens with one attached hydrogen (secondary N) is 1. The Labute approximate surface area is 123 Å². The van der Waals surface area contributed by atoms with Crippen LogP contribution in [0.1, 0.15) is 34.3 Å².